The standard InChI is InChI=1S/C14H16BrN5O/c1-10-8-11(15)2-3-12(10)17-13-9-16-19-14(18-13)20-4-6-21-7-5-20/h2-3,8-9H,4-7H2,1H3,(H,17,18,19). The molecule has 0 spiro atoms. The number of morpholine rings is 1. The number of ether oxygens (including phenoxy) is 1. The number of benzene rings is 1. The Bertz CT molecular complexity index is 631. The Hall–Kier alpha value is -1.73. The second-order valence-electron chi connectivity index (χ2n) is 4.83. The number of nitrogens with zero attached hydrogens (tertiary/aromatic N) is 4. The van der Waals surface area contributed by atoms with Crippen molar-refractivity contribution in [3.8, 4) is 0 Å². The Morgan fingerprint density at radius 3 is 2.86 bits per heavy atom. The summed E-state index contributed by atoms with van der Waals surface area (Å²) in [6, 6.07) is 6.06. The molecule has 0 saturated carbocycles. The molecule has 0 bridgehead atoms. The second-order valence-corrected chi connectivity index (χ2v) is 5.74. The van der Waals surface area contributed by atoms with Gasteiger partial charge in [0.05, 0.1) is 19.4 Å². The molecule has 1 aromatic heterocycles. The van der Waals surface area contributed by atoms with Gasteiger partial charge < -0.3 is 15.0 Å². The molecule has 2 heterocycles. The summed E-state index contributed by atoms with van der Waals surface area (Å²) in [7, 11) is 0. The zero-order valence-electron chi connectivity index (χ0n) is 11.7. The molecule has 110 valence electrons. The summed E-state index contributed by atoms with van der Waals surface area (Å²) >= 11 is 3.46. The van der Waals surface area contributed by atoms with E-state index in [-0.39, 0.29) is 0 Å². The number of aromatic nitrogens is 3. The molecule has 1 aliphatic rings. The summed E-state index contributed by atoms with van der Waals surface area (Å²) in [6.07, 6.45) is 1.63. The van der Waals surface area contributed by atoms with Crippen LogP contribution in [0, 0.1) is 6.92 Å². The van der Waals surface area contributed by atoms with Crippen LogP contribution in [-0.2, 0) is 4.74 Å². The molecule has 0 radical (unpaired) electrons. The Balaban J connectivity index is 1.79. The minimum absolute atomic E-state index is 0.637. The Kier molecular flexibility index (Phi) is 4.31. The normalized spacial score (nSPS) is 15.0. The highest BCUT2D eigenvalue weighted by molar-refractivity contribution is 9.10. The van der Waals surface area contributed by atoms with Crippen molar-refractivity contribution in [2.24, 2.45) is 0 Å². The number of hydrogen-bond acceptors (Lipinski definition) is 6. The van der Waals surface area contributed by atoms with Crippen molar-refractivity contribution in [3.05, 3.63) is 34.4 Å². The first kappa shape index (κ1) is 14.2. The topological polar surface area (TPSA) is 63.2 Å². The Labute approximate surface area is 131 Å². The number of hydrogen-bond donors (Lipinski definition) is 1. The highest BCUT2D eigenvalue weighted by atomic mass is 79.9. The molecule has 2 aromatic rings. The third kappa shape index (κ3) is 3.48. The fourth-order valence-corrected chi connectivity index (χ4v) is 2.63. The van der Waals surface area contributed by atoms with Crippen molar-refractivity contribution < 1.29 is 4.74 Å². The van der Waals surface area contributed by atoms with Crippen LogP contribution in [0.3, 0.4) is 0 Å². The zero-order valence-corrected chi connectivity index (χ0v) is 13.3. The monoisotopic (exact) mass is 349 g/mol. The van der Waals surface area contributed by atoms with Crippen LogP contribution in [-0.4, -0.2) is 41.5 Å². The van der Waals surface area contributed by atoms with Crippen LogP contribution in [0.25, 0.3) is 0 Å². The van der Waals surface area contributed by atoms with Crippen molar-refractivity contribution in [2.45, 2.75) is 6.92 Å². The van der Waals surface area contributed by atoms with E-state index >= 15 is 0 Å². The van der Waals surface area contributed by atoms with Gasteiger partial charge in [0.2, 0.25) is 5.95 Å². The van der Waals surface area contributed by atoms with Gasteiger partial charge in [0, 0.05) is 23.2 Å². The first-order valence-electron chi connectivity index (χ1n) is 6.78. The van der Waals surface area contributed by atoms with E-state index < -0.39 is 0 Å². The van der Waals surface area contributed by atoms with Gasteiger partial charge in [0.25, 0.3) is 0 Å². The minimum atomic E-state index is 0.637. The smallest absolute Gasteiger partial charge is 0.247 e. The van der Waals surface area contributed by atoms with Crippen molar-refractivity contribution in [3.63, 3.8) is 0 Å². The highest BCUT2D eigenvalue weighted by Gasteiger charge is 2.14. The molecule has 0 aliphatic carbocycles. The van der Waals surface area contributed by atoms with Crippen LogP contribution in [0.5, 0.6) is 0 Å². The lowest BCUT2D eigenvalue weighted by Crippen LogP contribution is -2.37. The number of anilines is 3. The number of rotatable bonds is 3. The number of aryl methyl sites for hydroxylation is 1. The zero-order chi connectivity index (χ0) is 14.7. The van der Waals surface area contributed by atoms with Crippen molar-refractivity contribution in [1.82, 2.24) is 15.2 Å². The van der Waals surface area contributed by atoms with E-state index in [2.05, 4.69) is 47.4 Å². The molecule has 0 atom stereocenters. The van der Waals surface area contributed by atoms with Gasteiger partial charge in [0.1, 0.15) is 0 Å². The molecule has 7 heteroatoms. The summed E-state index contributed by atoms with van der Waals surface area (Å²) in [5.74, 6) is 1.33. The Morgan fingerprint density at radius 2 is 2.10 bits per heavy atom. The summed E-state index contributed by atoms with van der Waals surface area (Å²) in [5, 5.41) is 11.4. The van der Waals surface area contributed by atoms with Gasteiger partial charge in [-0.2, -0.15) is 10.1 Å². The minimum Gasteiger partial charge on any atom is -0.378 e. The SMILES string of the molecule is Cc1cc(Br)ccc1Nc1cnnc(N2CCOCC2)n1. The van der Waals surface area contributed by atoms with Crippen LogP contribution < -0.4 is 10.2 Å². The predicted octanol–water partition coefficient (Wildman–Crippen LogP) is 2.52. The predicted molar refractivity (Wildman–Crippen MR) is 85.0 cm³/mol. The van der Waals surface area contributed by atoms with Crippen molar-refractivity contribution >= 4 is 33.4 Å². The third-order valence-electron chi connectivity index (χ3n) is 3.29. The van der Waals surface area contributed by atoms with E-state index in [4.69, 9.17) is 4.74 Å². The van der Waals surface area contributed by atoms with Gasteiger partial charge in [-0.3, -0.25) is 0 Å². The molecule has 1 fully saturated rings. The van der Waals surface area contributed by atoms with Gasteiger partial charge >= 0.3 is 0 Å². The fraction of sp³-hybridized carbons (Fsp3) is 0.357. The van der Waals surface area contributed by atoms with Crippen LogP contribution in [0.1, 0.15) is 5.56 Å². The molecule has 1 aliphatic heterocycles. The number of nitrogens with one attached hydrogen (secondary N) is 1. The average Bonchev–Trinajstić information content (AvgIpc) is 2.51. The summed E-state index contributed by atoms with van der Waals surface area (Å²) < 4.78 is 6.39. The van der Waals surface area contributed by atoms with E-state index in [1.807, 2.05) is 19.1 Å². The van der Waals surface area contributed by atoms with Gasteiger partial charge in [0.15, 0.2) is 5.82 Å². The first-order chi connectivity index (χ1) is 10.2. The molecule has 6 nitrogen and oxygen atoms in total. The van der Waals surface area contributed by atoms with E-state index in [9.17, 15) is 0 Å². The average molecular weight is 350 g/mol. The van der Waals surface area contributed by atoms with Crippen LogP contribution in [0.2, 0.25) is 0 Å². The summed E-state index contributed by atoms with van der Waals surface area (Å²) in [6.45, 7) is 5.04. The molecule has 0 amide bonds. The van der Waals surface area contributed by atoms with E-state index in [1.165, 1.54) is 0 Å². The second kappa shape index (κ2) is 6.36. The fourth-order valence-electron chi connectivity index (χ4n) is 2.16. The maximum Gasteiger partial charge on any atom is 0.247 e. The molecule has 0 unspecified atom stereocenters. The lowest BCUT2D eigenvalue weighted by Gasteiger charge is -2.26. The van der Waals surface area contributed by atoms with E-state index in [1.54, 1.807) is 6.20 Å². The Morgan fingerprint density at radius 1 is 1.29 bits per heavy atom. The van der Waals surface area contributed by atoms with Crippen LogP contribution in [0.15, 0.2) is 28.9 Å². The molecule has 1 aromatic carbocycles. The van der Waals surface area contributed by atoms with Gasteiger partial charge in [-0.05, 0) is 30.7 Å². The van der Waals surface area contributed by atoms with Gasteiger partial charge in [-0.25, -0.2) is 0 Å². The van der Waals surface area contributed by atoms with Crippen LogP contribution in [0.4, 0.5) is 17.5 Å². The van der Waals surface area contributed by atoms with Crippen molar-refractivity contribution in [2.75, 3.05) is 36.5 Å². The summed E-state index contributed by atoms with van der Waals surface area (Å²) in [4.78, 5) is 6.61. The lowest BCUT2D eigenvalue weighted by atomic mass is 10.2. The molecule has 3 rings (SSSR count). The molecular weight excluding hydrogens is 334 g/mol. The maximum atomic E-state index is 5.34. The maximum absolute atomic E-state index is 5.34. The third-order valence-corrected chi connectivity index (χ3v) is 3.79. The highest BCUT2D eigenvalue weighted by Crippen LogP contribution is 2.23. The number of halogens is 1. The van der Waals surface area contributed by atoms with Gasteiger partial charge in [-0.1, -0.05) is 15.9 Å². The molecule has 21 heavy (non-hydrogen) atoms. The largest absolute Gasteiger partial charge is 0.378 e. The van der Waals surface area contributed by atoms with Crippen LogP contribution >= 0.6 is 15.9 Å². The molecule has 1 N–H and O–H groups in total. The van der Waals surface area contributed by atoms with E-state index in [0.29, 0.717) is 25.0 Å². The molecular formula is C14H16BrN5O. The lowest BCUT2D eigenvalue weighted by molar-refractivity contribution is 0.122. The summed E-state index contributed by atoms with van der Waals surface area (Å²) in [5.41, 5.74) is 2.14. The van der Waals surface area contributed by atoms with E-state index in [0.717, 1.165) is 28.8 Å². The van der Waals surface area contributed by atoms with Crippen molar-refractivity contribution in [1.29, 1.82) is 0 Å². The quantitative estimate of drug-likeness (QED) is 0.918. The first-order valence-corrected chi connectivity index (χ1v) is 7.57. The molecule has 1 saturated heterocycles. The van der Waals surface area contributed by atoms with Gasteiger partial charge in [-0.15, -0.1) is 5.10 Å².